The van der Waals surface area contributed by atoms with E-state index < -0.39 is 0 Å². The first-order chi connectivity index (χ1) is 7.86. The van der Waals surface area contributed by atoms with Gasteiger partial charge in [-0.05, 0) is 55.6 Å². The molecule has 0 fully saturated rings. The standard InChI is InChI=1S/C13H21NOS/c1-15-13-6-4-12(5-7-13)8-10-14-9-3-11-16-2/h4-7,14H,3,8-11H2,1-2H3. The van der Waals surface area contributed by atoms with Crippen molar-refractivity contribution in [2.45, 2.75) is 12.8 Å². The molecule has 0 saturated carbocycles. The molecule has 1 rings (SSSR count). The highest BCUT2D eigenvalue weighted by Gasteiger charge is 1.94. The van der Waals surface area contributed by atoms with E-state index in [1.165, 1.54) is 17.7 Å². The first kappa shape index (κ1) is 13.4. The molecular weight excluding hydrogens is 218 g/mol. The largest absolute Gasteiger partial charge is 0.497 e. The van der Waals surface area contributed by atoms with E-state index in [0.29, 0.717) is 0 Å². The lowest BCUT2D eigenvalue weighted by molar-refractivity contribution is 0.414. The molecule has 0 heterocycles. The molecule has 0 radical (unpaired) electrons. The Morgan fingerprint density at radius 3 is 2.56 bits per heavy atom. The number of hydrogen-bond donors (Lipinski definition) is 1. The van der Waals surface area contributed by atoms with Gasteiger partial charge in [-0.25, -0.2) is 0 Å². The van der Waals surface area contributed by atoms with Crippen molar-refractivity contribution < 1.29 is 4.74 Å². The summed E-state index contributed by atoms with van der Waals surface area (Å²) in [6.45, 7) is 2.18. The van der Waals surface area contributed by atoms with E-state index in [9.17, 15) is 0 Å². The van der Waals surface area contributed by atoms with E-state index in [-0.39, 0.29) is 0 Å². The number of benzene rings is 1. The monoisotopic (exact) mass is 239 g/mol. The molecule has 16 heavy (non-hydrogen) atoms. The minimum atomic E-state index is 0.927. The average Bonchev–Trinajstić information content (AvgIpc) is 2.34. The maximum atomic E-state index is 5.12. The van der Waals surface area contributed by atoms with Crippen molar-refractivity contribution in [3.05, 3.63) is 29.8 Å². The topological polar surface area (TPSA) is 21.3 Å². The van der Waals surface area contributed by atoms with Crippen molar-refractivity contribution in [3.8, 4) is 5.75 Å². The summed E-state index contributed by atoms with van der Waals surface area (Å²) < 4.78 is 5.12. The molecule has 0 spiro atoms. The Bertz CT molecular complexity index is 274. The smallest absolute Gasteiger partial charge is 0.118 e. The van der Waals surface area contributed by atoms with Crippen LogP contribution in [0.2, 0.25) is 0 Å². The molecule has 0 bridgehead atoms. The van der Waals surface area contributed by atoms with Crippen LogP contribution in [0.25, 0.3) is 0 Å². The molecule has 90 valence electrons. The average molecular weight is 239 g/mol. The number of methoxy groups -OCH3 is 1. The molecule has 0 aliphatic carbocycles. The normalized spacial score (nSPS) is 10.4. The molecule has 0 atom stereocenters. The van der Waals surface area contributed by atoms with Crippen LogP contribution < -0.4 is 10.1 Å². The molecule has 1 aromatic carbocycles. The van der Waals surface area contributed by atoms with Crippen molar-refractivity contribution in [2.75, 3.05) is 32.2 Å². The number of ether oxygens (including phenoxy) is 1. The van der Waals surface area contributed by atoms with Crippen molar-refractivity contribution >= 4 is 11.8 Å². The summed E-state index contributed by atoms with van der Waals surface area (Å²) in [7, 11) is 1.70. The summed E-state index contributed by atoms with van der Waals surface area (Å²) in [6, 6.07) is 8.29. The first-order valence-electron chi connectivity index (χ1n) is 5.69. The summed E-state index contributed by atoms with van der Waals surface area (Å²) in [5, 5.41) is 3.45. The molecule has 2 nitrogen and oxygen atoms in total. The quantitative estimate of drug-likeness (QED) is 0.705. The summed E-state index contributed by atoms with van der Waals surface area (Å²) in [4.78, 5) is 0. The third-order valence-corrected chi connectivity index (χ3v) is 3.15. The molecule has 0 saturated heterocycles. The zero-order chi connectivity index (χ0) is 11.6. The van der Waals surface area contributed by atoms with E-state index in [2.05, 4.69) is 23.7 Å². The number of rotatable bonds is 8. The van der Waals surface area contributed by atoms with Gasteiger partial charge in [0.2, 0.25) is 0 Å². The minimum Gasteiger partial charge on any atom is -0.497 e. The van der Waals surface area contributed by atoms with Crippen LogP contribution in [0.15, 0.2) is 24.3 Å². The highest BCUT2D eigenvalue weighted by Crippen LogP contribution is 2.11. The zero-order valence-electron chi connectivity index (χ0n) is 10.2. The lowest BCUT2D eigenvalue weighted by Crippen LogP contribution is -2.18. The molecular formula is C13H21NOS. The van der Waals surface area contributed by atoms with Crippen LogP contribution in [0.1, 0.15) is 12.0 Å². The van der Waals surface area contributed by atoms with Crippen molar-refractivity contribution in [1.82, 2.24) is 5.32 Å². The lowest BCUT2D eigenvalue weighted by Gasteiger charge is -2.05. The van der Waals surface area contributed by atoms with Crippen LogP contribution in [0.5, 0.6) is 5.75 Å². The maximum absolute atomic E-state index is 5.12. The Labute approximate surface area is 103 Å². The maximum Gasteiger partial charge on any atom is 0.118 e. The van der Waals surface area contributed by atoms with Gasteiger partial charge in [-0.2, -0.15) is 11.8 Å². The highest BCUT2D eigenvalue weighted by atomic mass is 32.2. The summed E-state index contributed by atoms with van der Waals surface area (Å²) in [6.07, 6.45) is 4.49. The molecule has 0 aromatic heterocycles. The second-order valence-electron chi connectivity index (χ2n) is 3.69. The fourth-order valence-electron chi connectivity index (χ4n) is 1.49. The van der Waals surface area contributed by atoms with Gasteiger partial charge < -0.3 is 10.1 Å². The fourth-order valence-corrected chi connectivity index (χ4v) is 1.92. The third kappa shape index (κ3) is 5.42. The number of hydrogen-bond acceptors (Lipinski definition) is 3. The van der Waals surface area contributed by atoms with Crippen LogP contribution in [-0.2, 0) is 6.42 Å². The lowest BCUT2D eigenvalue weighted by atomic mass is 10.1. The highest BCUT2D eigenvalue weighted by molar-refractivity contribution is 7.98. The van der Waals surface area contributed by atoms with Gasteiger partial charge in [0.25, 0.3) is 0 Å². The SMILES string of the molecule is COc1ccc(CCNCCCSC)cc1. The van der Waals surface area contributed by atoms with Crippen LogP contribution in [-0.4, -0.2) is 32.2 Å². The van der Waals surface area contributed by atoms with Gasteiger partial charge in [-0.1, -0.05) is 12.1 Å². The molecule has 0 amide bonds. The van der Waals surface area contributed by atoms with E-state index in [1.807, 2.05) is 23.9 Å². The van der Waals surface area contributed by atoms with Gasteiger partial charge in [-0.3, -0.25) is 0 Å². The number of nitrogens with one attached hydrogen (secondary N) is 1. The first-order valence-corrected chi connectivity index (χ1v) is 7.09. The number of thioether (sulfide) groups is 1. The minimum absolute atomic E-state index is 0.927. The Balaban J connectivity index is 2.12. The Morgan fingerprint density at radius 2 is 1.94 bits per heavy atom. The van der Waals surface area contributed by atoms with E-state index in [4.69, 9.17) is 4.74 Å². The van der Waals surface area contributed by atoms with Crippen molar-refractivity contribution in [1.29, 1.82) is 0 Å². The van der Waals surface area contributed by atoms with Crippen LogP contribution in [0.4, 0.5) is 0 Å². The van der Waals surface area contributed by atoms with Gasteiger partial charge >= 0.3 is 0 Å². The molecule has 0 aliphatic rings. The second-order valence-corrected chi connectivity index (χ2v) is 4.68. The molecule has 0 aliphatic heterocycles. The molecule has 1 aromatic rings. The van der Waals surface area contributed by atoms with Gasteiger partial charge in [0, 0.05) is 0 Å². The van der Waals surface area contributed by atoms with E-state index in [0.717, 1.165) is 25.3 Å². The Morgan fingerprint density at radius 1 is 1.19 bits per heavy atom. The predicted octanol–water partition coefficient (Wildman–Crippen LogP) is 2.58. The Kier molecular flexibility index (Phi) is 7.10. The third-order valence-electron chi connectivity index (χ3n) is 2.45. The van der Waals surface area contributed by atoms with E-state index >= 15 is 0 Å². The van der Waals surface area contributed by atoms with Crippen LogP contribution in [0, 0.1) is 0 Å². The second kappa shape index (κ2) is 8.48. The van der Waals surface area contributed by atoms with Crippen molar-refractivity contribution in [2.24, 2.45) is 0 Å². The van der Waals surface area contributed by atoms with Crippen molar-refractivity contribution in [3.63, 3.8) is 0 Å². The summed E-state index contributed by atoms with van der Waals surface area (Å²) >= 11 is 1.91. The predicted molar refractivity (Wildman–Crippen MR) is 72.6 cm³/mol. The molecule has 3 heteroatoms. The van der Waals surface area contributed by atoms with Crippen LogP contribution in [0.3, 0.4) is 0 Å². The van der Waals surface area contributed by atoms with Gasteiger partial charge in [0.05, 0.1) is 7.11 Å². The van der Waals surface area contributed by atoms with Gasteiger partial charge in [0.1, 0.15) is 5.75 Å². The van der Waals surface area contributed by atoms with Gasteiger partial charge in [0.15, 0.2) is 0 Å². The van der Waals surface area contributed by atoms with E-state index in [1.54, 1.807) is 7.11 Å². The van der Waals surface area contributed by atoms with Gasteiger partial charge in [-0.15, -0.1) is 0 Å². The molecule has 1 N–H and O–H groups in total. The fraction of sp³-hybridized carbons (Fsp3) is 0.538. The summed E-state index contributed by atoms with van der Waals surface area (Å²) in [5.74, 6) is 2.17. The Hall–Kier alpha value is -0.670. The molecule has 0 unspecified atom stereocenters. The summed E-state index contributed by atoms with van der Waals surface area (Å²) in [5.41, 5.74) is 1.36. The zero-order valence-corrected chi connectivity index (χ0v) is 11.0. The van der Waals surface area contributed by atoms with Crippen LogP contribution >= 0.6 is 11.8 Å².